The number of carbonyl (C=O) groups excluding carboxylic acids is 3. The maximum absolute atomic E-state index is 13.4. The lowest BCUT2D eigenvalue weighted by atomic mass is 9.92. The van der Waals surface area contributed by atoms with Gasteiger partial charge < -0.3 is 15.0 Å². The summed E-state index contributed by atoms with van der Waals surface area (Å²) in [5.41, 5.74) is 3.92. The monoisotopic (exact) mass is 470 g/mol. The zero-order valence-corrected chi connectivity index (χ0v) is 20.3. The number of nitrogens with one attached hydrogen (secondary N) is 1. The van der Waals surface area contributed by atoms with Crippen LogP contribution in [0.25, 0.3) is 0 Å². The normalized spacial score (nSPS) is 13.9. The Morgan fingerprint density at radius 1 is 0.857 bits per heavy atom. The molecule has 0 atom stereocenters. The van der Waals surface area contributed by atoms with Crippen molar-refractivity contribution in [2.75, 3.05) is 25.5 Å². The predicted molar refractivity (Wildman–Crippen MR) is 136 cm³/mol. The Hall–Kier alpha value is -3.93. The molecule has 0 spiro atoms. The molecule has 0 aromatic heterocycles. The summed E-state index contributed by atoms with van der Waals surface area (Å²) in [6.45, 7) is 4.75. The molecule has 1 saturated heterocycles. The van der Waals surface area contributed by atoms with Crippen LogP contribution in [0.15, 0.2) is 66.7 Å². The van der Waals surface area contributed by atoms with Crippen molar-refractivity contribution in [1.29, 1.82) is 0 Å². The fraction of sp³-hybridized carbons (Fsp3) is 0.276. The Labute approximate surface area is 205 Å². The van der Waals surface area contributed by atoms with Crippen LogP contribution in [0, 0.1) is 19.8 Å². The smallest absolute Gasteiger partial charge is 0.254 e. The molecule has 0 unspecified atom stereocenters. The van der Waals surface area contributed by atoms with Crippen LogP contribution < -0.4 is 10.1 Å². The average Bonchev–Trinajstić information content (AvgIpc) is 2.89. The average molecular weight is 471 g/mol. The van der Waals surface area contributed by atoms with Gasteiger partial charge in [-0.05, 0) is 56.5 Å². The molecule has 1 fully saturated rings. The van der Waals surface area contributed by atoms with Gasteiger partial charge in [-0.15, -0.1) is 0 Å². The van der Waals surface area contributed by atoms with Gasteiger partial charge in [-0.1, -0.05) is 48.0 Å². The van der Waals surface area contributed by atoms with Crippen molar-refractivity contribution in [2.24, 2.45) is 5.92 Å². The first-order valence-corrected chi connectivity index (χ1v) is 11.8. The molecule has 1 heterocycles. The molecule has 35 heavy (non-hydrogen) atoms. The molecular weight excluding hydrogens is 440 g/mol. The summed E-state index contributed by atoms with van der Waals surface area (Å²) in [6, 6.07) is 20.0. The van der Waals surface area contributed by atoms with E-state index in [-0.39, 0.29) is 23.5 Å². The highest BCUT2D eigenvalue weighted by Crippen LogP contribution is 2.27. The van der Waals surface area contributed by atoms with E-state index in [1.807, 2.05) is 44.2 Å². The van der Waals surface area contributed by atoms with Gasteiger partial charge in [0.15, 0.2) is 5.78 Å². The minimum atomic E-state index is -0.198. The Bertz CT molecular complexity index is 1260. The van der Waals surface area contributed by atoms with Gasteiger partial charge in [0.1, 0.15) is 5.75 Å². The highest BCUT2D eigenvalue weighted by molar-refractivity contribution is 6.16. The van der Waals surface area contributed by atoms with Gasteiger partial charge in [-0.3, -0.25) is 14.4 Å². The first-order chi connectivity index (χ1) is 16.9. The van der Waals surface area contributed by atoms with Crippen LogP contribution in [0.3, 0.4) is 0 Å². The number of anilines is 1. The number of hydrogen-bond acceptors (Lipinski definition) is 4. The van der Waals surface area contributed by atoms with Crippen molar-refractivity contribution in [1.82, 2.24) is 4.90 Å². The SMILES string of the molecule is COc1ccccc1NC(=O)C1CCN(C(=O)c2ccccc2C(=O)c2cc(C)ccc2C)CC1. The number of ether oxygens (including phenoxy) is 1. The highest BCUT2D eigenvalue weighted by atomic mass is 16.5. The molecule has 0 saturated carbocycles. The molecule has 6 heteroatoms. The number of piperidine rings is 1. The quantitative estimate of drug-likeness (QED) is 0.513. The predicted octanol–water partition coefficient (Wildman–Crippen LogP) is 5.03. The highest BCUT2D eigenvalue weighted by Gasteiger charge is 2.30. The maximum atomic E-state index is 13.4. The first kappa shape index (κ1) is 24.2. The minimum absolute atomic E-state index is 0.0768. The van der Waals surface area contributed by atoms with Gasteiger partial charge in [0.2, 0.25) is 5.91 Å². The number of para-hydroxylation sites is 2. The number of nitrogens with zero attached hydrogens (tertiary/aromatic N) is 1. The summed E-state index contributed by atoms with van der Waals surface area (Å²) < 4.78 is 5.31. The molecule has 1 aliphatic rings. The molecule has 0 aliphatic carbocycles. The molecule has 4 rings (SSSR count). The van der Waals surface area contributed by atoms with E-state index < -0.39 is 0 Å². The fourth-order valence-electron chi connectivity index (χ4n) is 4.49. The summed E-state index contributed by atoms with van der Waals surface area (Å²) in [5, 5.41) is 2.95. The van der Waals surface area contributed by atoms with Crippen LogP contribution in [0.2, 0.25) is 0 Å². The number of amides is 2. The van der Waals surface area contributed by atoms with Gasteiger partial charge in [-0.25, -0.2) is 0 Å². The maximum Gasteiger partial charge on any atom is 0.254 e. The number of hydrogen-bond donors (Lipinski definition) is 1. The van der Waals surface area contributed by atoms with E-state index in [0.29, 0.717) is 54.1 Å². The van der Waals surface area contributed by atoms with Crippen LogP contribution in [-0.4, -0.2) is 42.7 Å². The Kier molecular flexibility index (Phi) is 7.30. The molecular formula is C29H30N2O4. The molecule has 3 aromatic carbocycles. The largest absolute Gasteiger partial charge is 0.495 e. The fourth-order valence-corrected chi connectivity index (χ4v) is 4.49. The summed E-state index contributed by atoms with van der Waals surface area (Å²) in [6.07, 6.45) is 1.11. The van der Waals surface area contributed by atoms with Crippen molar-refractivity contribution in [3.05, 3.63) is 94.5 Å². The molecule has 1 N–H and O–H groups in total. The second kappa shape index (κ2) is 10.6. The number of rotatable bonds is 6. The second-order valence-electron chi connectivity index (χ2n) is 8.95. The Balaban J connectivity index is 1.45. The van der Waals surface area contributed by atoms with E-state index in [0.717, 1.165) is 11.1 Å². The first-order valence-electron chi connectivity index (χ1n) is 11.8. The summed E-state index contributed by atoms with van der Waals surface area (Å²) in [4.78, 5) is 41.3. The van der Waals surface area contributed by atoms with Crippen molar-refractivity contribution in [2.45, 2.75) is 26.7 Å². The van der Waals surface area contributed by atoms with E-state index in [2.05, 4.69) is 5.32 Å². The number of carbonyl (C=O) groups is 3. The second-order valence-corrected chi connectivity index (χ2v) is 8.95. The summed E-state index contributed by atoms with van der Waals surface area (Å²) in [5.74, 6) is 0.00512. The van der Waals surface area contributed by atoms with Crippen molar-refractivity contribution in [3.8, 4) is 5.75 Å². The third kappa shape index (κ3) is 5.27. The summed E-state index contributed by atoms with van der Waals surface area (Å²) in [7, 11) is 1.57. The lowest BCUT2D eigenvalue weighted by Crippen LogP contribution is -2.42. The molecule has 0 radical (unpaired) electrons. The van der Waals surface area contributed by atoms with E-state index >= 15 is 0 Å². The zero-order chi connectivity index (χ0) is 24.9. The lowest BCUT2D eigenvalue weighted by Gasteiger charge is -2.32. The van der Waals surface area contributed by atoms with Gasteiger partial charge in [0.25, 0.3) is 5.91 Å². The van der Waals surface area contributed by atoms with Crippen LogP contribution in [0.1, 0.15) is 50.2 Å². The van der Waals surface area contributed by atoms with Crippen LogP contribution in [0.4, 0.5) is 5.69 Å². The number of benzene rings is 3. The number of likely N-dealkylation sites (tertiary alicyclic amines) is 1. The van der Waals surface area contributed by atoms with E-state index in [1.165, 1.54) is 0 Å². The molecule has 0 bridgehead atoms. The van der Waals surface area contributed by atoms with Crippen LogP contribution >= 0.6 is 0 Å². The molecule has 3 aromatic rings. The number of aryl methyl sites for hydroxylation is 2. The Morgan fingerprint density at radius 2 is 1.51 bits per heavy atom. The topological polar surface area (TPSA) is 75.7 Å². The van der Waals surface area contributed by atoms with Gasteiger partial charge in [0.05, 0.1) is 18.4 Å². The molecule has 2 amide bonds. The van der Waals surface area contributed by atoms with Crippen molar-refractivity contribution < 1.29 is 19.1 Å². The van der Waals surface area contributed by atoms with Gasteiger partial charge in [0, 0.05) is 30.1 Å². The van der Waals surface area contributed by atoms with E-state index in [4.69, 9.17) is 4.74 Å². The minimum Gasteiger partial charge on any atom is -0.495 e. The molecule has 6 nitrogen and oxygen atoms in total. The lowest BCUT2D eigenvalue weighted by molar-refractivity contribution is -0.121. The molecule has 1 aliphatic heterocycles. The van der Waals surface area contributed by atoms with E-state index in [9.17, 15) is 14.4 Å². The third-order valence-electron chi connectivity index (χ3n) is 6.56. The van der Waals surface area contributed by atoms with Gasteiger partial charge in [-0.2, -0.15) is 0 Å². The van der Waals surface area contributed by atoms with E-state index in [1.54, 1.807) is 48.4 Å². The standard InChI is InChI=1S/C29H30N2O4/c1-19-12-13-20(2)24(18-19)27(32)22-8-4-5-9-23(22)29(34)31-16-14-21(15-17-31)28(33)30-25-10-6-7-11-26(25)35-3/h4-13,18,21H,14-17H2,1-3H3,(H,30,33). The van der Waals surface area contributed by atoms with Crippen LogP contribution in [0.5, 0.6) is 5.75 Å². The summed E-state index contributed by atoms with van der Waals surface area (Å²) >= 11 is 0. The number of ketones is 1. The van der Waals surface area contributed by atoms with Crippen LogP contribution in [-0.2, 0) is 4.79 Å². The third-order valence-corrected chi connectivity index (χ3v) is 6.56. The van der Waals surface area contributed by atoms with Crippen molar-refractivity contribution >= 4 is 23.3 Å². The molecule has 180 valence electrons. The van der Waals surface area contributed by atoms with Crippen molar-refractivity contribution in [3.63, 3.8) is 0 Å². The Morgan fingerprint density at radius 3 is 2.23 bits per heavy atom. The zero-order valence-electron chi connectivity index (χ0n) is 20.3. The number of methoxy groups -OCH3 is 1. The van der Waals surface area contributed by atoms with Gasteiger partial charge >= 0.3 is 0 Å².